The predicted octanol–water partition coefficient (Wildman–Crippen LogP) is 5.66. The summed E-state index contributed by atoms with van der Waals surface area (Å²) in [5, 5.41) is 6.76. The molecule has 3 aromatic rings. The number of benzene rings is 1. The third-order valence-corrected chi connectivity index (χ3v) is 5.33. The van der Waals surface area contributed by atoms with Gasteiger partial charge in [-0.15, -0.1) is 22.7 Å². The van der Waals surface area contributed by atoms with Crippen LogP contribution in [-0.2, 0) is 0 Å². The average molecular weight is 314 g/mol. The molecule has 108 valence electrons. The summed E-state index contributed by atoms with van der Waals surface area (Å²) >= 11 is 3.54. The van der Waals surface area contributed by atoms with Crippen LogP contribution < -0.4 is 5.32 Å². The standard InChI is InChI=1S/C17H18N2S2/c1-11-4-9-17(21-11)12(2)18-15-7-5-14(6-8-15)16-10-20-13(3)19-16/h4-10,12,18H,1-3H3. The Labute approximate surface area is 133 Å². The Kier molecular flexibility index (Phi) is 4.08. The van der Waals surface area contributed by atoms with E-state index in [1.165, 1.54) is 15.3 Å². The number of hydrogen-bond acceptors (Lipinski definition) is 4. The lowest BCUT2D eigenvalue weighted by Crippen LogP contribution is -2.04. The molecule has 2 nitrogen and oxygen atoms in total. The molecule has 0 amide bonds. The Morgan fingerprint density at radius 1 is 1.05 bits per heavy atom. The van der Waals surface area contributed by atoms with Crippen LogP contribution in [0.1, 0.15) is 27.7 Å². The highest BCUT2D eigenvalue weighted by Crippen LogP contribution is 2.27. The number of nitrogens with one attached hydrogen (secondary N) is 1. The molecule has 0 spiro atoms. The first-order chi connectivity index (χ1) is 10.1. The van der Waals surface area contributed by atoms with E-state index in [1.807, 2.05) is 18.3 Å². The molecule has 0 aliphatic carbocycles. The normalized spacial score (nSPS) is 12.3. The molecule has 0 saturated heterocycles. The van der Waals surface area contributed by atoms with E-state index in [2.05, 4.69) is 65.9 Å². The molecule has 0 radical (unpaired) electrons. The zero-order valence-electron chi connectivity index (χ0n) is 12.4. The van der Waals surface area contributed by atoms with Crippen LogP contribution in [0.3, 0.4) is 0 Å². The van der Waals surface area contributed by atoms with Crippen molar-refractivity contribution in [2.24, 2.45) is 0 Å². The Morgan fingerprint density at radius 3 is 2.38 bits per heavy atom. The van der Waals surface area contributed by atoms with E-state index in [4.69, 9.17) is 0 Å². The van der Waals surface area contributed by atoms with Crippen molar-refractivity contribution in [2.45, 2.75) is 26.8 Å². The van der Waals surface area contributed by atoms with Crippen molar-refractivity contribution in [1.29, 1.82) is 0 Å². The van der Waals surface area contributed by atoms with Crippen LogP contribution in [0.2, 0.25) is 0 Å². The first-order valence-corrected chi connectivity index (χ1v) is 8.67. The van der Waals surface area contributed by atoms with Crippen molar-refractivity contribution in [3.8, 4) is 11.3 Å². The Hall–Kier alpha value is -1.65. The van der Waals surface area contributed by atoms with E-state index in [1.54, 1.807) is 11.3 Å². The summed E-state index contributed by atoms with van der Waals surface area (Å²) in [5.41, 5.74) is 3.37. The van der Waals surface area contributed by atoms with Gasteiger partial charge in [0.25, 0.3) is 0 Å². The largest absolute Gasteiger partial charge is 0.378 e. The molecule has 4 heteroatoms. The molecule has 1 N–H and O–H groups in total. The summed E-state index contributed by atoms with van der Waals surface area (Å²) in [5.74, 6) is 0. The SMILES string of the molecule is Cc1ccc(C(C)Nc2ccc(-c3csc(C)n3)cc2)s1. The van der Waals surface area contributed by atoms with Crippen LogP contribution in [0.5, 0.6) is 0 Å². The lowest BCUT2D eigenvalue weighted by atomic mass is 10.1. The Morgan fingerprint density at radius 2 is 1.81 bits per heavy atom. The van der Waals surface area contributed by atoms with Crippen LogP contribution in [0.4, 0.5) is 5.69 Å². The molecule has 1 atom stereocenters. The number of aromatic nitrogens is 1. The van der Waals surface area contributed by atoms with Crippen LogP contribution in [0, 0.1) is 13.8 Å². The molecule has 0 bridgehead atoms. The van der Waals surface area contributed by atoms with Crippen molar-refractivity contribution < 1.29 is 0 Å². The molecule has 3 rings (SSSR count). The number of nitrogens with zero attached hydrogens (tertiary/aromatic N) is 1. The summed E-state index contributed by atoms with van der Waals surface area (Å²) in [6.45, 7) is 6.38. The van der Waals surface area contributed by atoms with E-state index in [-0.39, 0.29) is 0 Å². The topological polar surface area (TPSA) is 24.9 Å². The molecular weight excluding hydrogens is 296 g/mol. The summed E-state index contributed by atoms with van der Waals surface area (Å²) in [6.07, 6.45) is 0. The van der Waals surface area contributed by atoms with Gasteiger partial charge >= 0.3 is 0 Å². The molecule has 0 fully saturated rings. The van der Waals surface area contributed by atoms with E-state index in [9.17, 15) is 0 Å². The third-order valence-electron chi connectivity index (χ3n) is 3.37. The first-order valence-electron chi connectivity index (χ1n) is 6.97. The minimum Gasteiger partial charge on any atom is -0.378 e. The Bertz CT molecular complexity index is 725. The summed E-state index contributed by atoms with van der Waals surface area (Å²) in [7, 11) is 0. The second-order valence-electron chi connectivity index (χ2n) is 5.14. The minimum absolute atomic E-state index is 0.330. The second kappa shape index (κ2) is 6.00. The van der Waals surface area contributed by atoms with Gasteiger partial charge < -0.3 is 5.32 Å². The zero-order chi connectivity index (χ0) is 14.8. The quantitative estimate of drug-likeness (QED) is 0.672. The fraction of sp³-hybridized carbons (Fsp3) is 0.235. The third kappa shape index (κ3) is 3.34. The van der Waals surface area contributed by atoms with E-state index in [0.29, 0.717) is 6.04 Å². The van der Waals surface area contributed by atoms with Gasteiger partial charge in [0.05, 0.1) is 16.7 Å². The van der Waals surface area contributed by atoms with E-state index >= 15 is 0 Å². The van der Waals surface area contributed by atoms with Crippen LogP contribution in [0.15, 0.2) is 41.8 Å². The number of rotatable bonds is 4. The molecule has 0 saturated carbocycles. The predicted molar refractivity (Wildman–Crippen MR) is 93.4 cm³/mol. The molecule has 0 aliphatic heterocycles. The molecule has 1 unspecified atom stereocenters. The van der Waals surface area contributed by atoms with Gasteiger partial charge in [-0.1, -0.05) is 12.1 Å². The molecule has 1 aromatic carbocycles. The number of thiophene rings is 1. The van der Waals surface area contributed by atoms with Gasteiger partial charge in [-0.05, 0) is 45.0 Å². The van der Waals surface area contributed by atoms with Crippen molar-refractivity contribution >= 4 is 28.4 Å². The molecule has 21 heavy (non-hydrogen) atoms. The smallest absolute Gasteiger partial charge is 0.0901 e. The van der Waals surface area contributed by atoms with Gasteiger partial charge in [0.15, 0.2) is 0 Å². The van der Waals surface area contributed by atoms with Gasteiger partial charge in [0.2, 0.25) is 0 Å². The summed E-state index contributed by atoms with van der Waals surface area (Å²) in [6, 6.07) is 13.2. The van der Waals surface area contributed by atoms with Crippen molar-refractivity contribution in [1.82, 2.24) is 4.98 Å². The van der Waals surface area contributed by atoms with E-state index in [0.717, 1.165) is 16.4 Å². The summed E-state index contributed by atoms with van der Waals surface area (Å²) in [4.78, 5) is 7.24. The fourth-order valence-corrected chi connectivity index (χ4v) is 3.74. The fourth-order valence-electron chi connectivity index (χ4n) is 2.24. The number of aryl methyl sites for hydroxylation is 2. The van der Waals surface area contributed by atoms with Crippen molar-refractivity contribution in [2.75, 3.05) is 5.32 Å². The average Bonchev–Trinajstić information content (AvgIpc) is 3.08. The number of hydrogen-bond donors (Lipinski definition) is 1. The van der Waals surface area contributed by atoms with Crippen molar-refractivity contribution in [3.05, 3.63) is 56.5 Å². The van der Waals surface area contributed by atoms with Gasteiger partial charge in [-0.25, -0.2) is 4.98 Å². The van der Waals surface area contributed by atoms with Crippen LogP contribution in [0.25, 0.3) is 11.3 Å². The van der Waals surface area contributed by atoms with Crippen LogP contribution in [-0.4, -0.2) is 4.98 Å². The zero-order valence-corrected chi connectivity index (χ0v) is 14.0. The molecular formula is C17H18N2S2. The van der Waals surface area contributed by atoms with Gasteiger partial charge in [-0.3, -0.25) is 0 Å². The van der Waals surface area contributed by atoms with Gasteiger partial charge in [0.1, 0.15) is 0 Å². The maximum Gasteiger partial charge on any atom is 0.0901 e. The number of thiazole rings is 1. The highest BCUT2D eigenvalue weighted by Gasteiger charge is 2.08. The molecule has 0 aliphatic rings. The molecule has 2 aromatic heterocycles. The van der Waals surface area contributed by atoms with Crippen molar-refractivity contribution in [3.63, 3.8) is 0 Å². The minimum atomic E-state index is 0.330. The second-order valence-corrected chi connectivity index (χ2v) is 7.53. The van der Waals surface area contributed by atoms with Gasteiger partial charge in [0, 0.05) is 26.4 Å². The van der Waals surface area contributed by atoms with Crippen LogP contribution >= 0.6 is 22.7 Å². The highest BCUT2D eigenvalue weighted by atomic mass is 32.1. The highest BCUT2D eigenvalue weighted by molar-refractivity contribution is 7.12. The lowest BCUT2D eigenvalue weighted by molar-refractivity contribution is 0.908. The maximum atomic E-state index is 4.52. The summed E-state index contributed by atoms with van der Waals surface area (Å²) < 4.78 is 0. The Balaban J connectivity index is 1.72. The van der Waals surface area contributed by atoms with E-state index < -0.39 is 0 Å². The maximum absolute atomic E-state index is 4.52. The number of anilines is 1. The lowest BCUT2D eigenvalue weighted by Gasteiger charge is -2.14. The van der Waals surface area contributed by atoms with Gasteiger partial charge in [-0.2, -0.15) is 0 Å². The molecule has 2 heterocycles. The first kappa shape index (κ1) is 14.3. The monoisotopic (exact) mass is 314 g/mol.